The van der Waals surface area contributed by atoms with Crippen LogP contribution in [0.4, 0.5) is 0 Å². The average Bonchev–Trinajstić information content (AvgIpc) is 2.30. The highest BCUT2D eigenvalue weighted by atomic mass is 16.7. The van der Waals surface area contributed by atoms with Gasteiger partial charge in [0.1, 0.15) is 0 Å². The molecule has 0 bridgehead atoms. The van der Waals surface area contributed by atoms with Gasteiger partial charge in [-0.3, -0.25) is 4.90 Å². The normalized spacial score (nSPS) is 34.1. The molecule has 0 aromatic carbocycles. The first-order valence-electron chi connectivity index (χ1n) is 6.76. The largest absolute Gasteiger partial charge is 0.353 e. The third kappa shape index (κ3) is 3.19. The maximum Gasteiger partial charge on any atom is 0.158 e. The van der Waals surface area contributed by atoms with Crippen LogP contribution in [0.3, 0.4) is 0 Å². The van der Waals surface area contributed by atoms with Crippen molar-refractivity contribution in [2.45, 2.75) is 64.3 Å². The number of ether oxygens (including phenoxy) is 2. The van der Waals surface area contributed by atoms with E-state index in [-0.39, 0.29) is 6.29 Å². The lowest BCUT2D eigenvalue weighted by molar-refractivity contribution is -0.184. The number of hydrogen-bond acceptors (Lipinski definition) is 3. The topological polar surface area (TPSA) is 21.7 Å². The summed E-state index contributed by atoms with van der Waals surface area (Å²) < 4.78 is 11.2. The fourth-order valence-corrected chi connectivity index (χ4v) is 2.87. The Hall–Kier alpha value is -0.120. The molecule has 2 heterocycles. The number of hydrogen-bond donors (Lipinski definition) is 0. The first-order valence-corrected chi connectivity index (χ1v) is 6.76. The molecule has 0 aromatic heterocycles. The Morgan fingerprint density at radius 2 is 1.62 bits per heavy atom. The van der Waals surface area contributed by atoms with Gasteiger partial charge < -0.3 is 9.47 Å². The van der Waals surface area contributed by atoms with Crippen molar-refractivity contribution in [3.8, 4) is 0 Å². The number of rotatable bonds is 3. The van der Waals surface area contributed by atoms with E-state index in [1.165, 1.54) is 19.3 Å². The molecule has 0 N–H and O–H groups in total. The molecule has 0 radical (unpaired) electrons. The molecular weight excluding hydrogens is 202 g/mol. The van der Waals surface area contributed by atoms with Gasteiger partial charge in [-0.15, -0.1) is 0 Å². The van der Waals surface area contributed by atoms with Gasteiger partial charge in [-0.1, -0.05) is 6.42 Å². The van der Waals surface area contributed by atoms with Crippen LogP contribution >= 0.6 is 0 Å². The SMILES string of the molecule is C[C@@H]1CCC[C@H](C)N1CCC1OCCCO1. The summed E-state index contributed by atoms with van der Waals surface area (Å²) in [6.07, 6.45) is 6.19. The molecule has 3 heteroatoms. The first-order chi connectivity index (χ1) is 7.77. The minimum absolute atomic E-state index is 0.0510. The van der Waals surface area contributed by atoms with E-state index in [4.69, 9.17) is 9.47 Å². The van der Waals surface area contributed by atoms with Crippen LogP contribution in [0.15, 0.2) is 0 Å². The van der Waals surface area contributed by atoms with E-state index in [0.717, 1.165) is 44.7 Å². The molecule has 0 amide bonds. The second-order valence-corrected chi connectivity index (χ2v) is 5.18. The predicted octanol–water partition coefficient (Wildman–Crippen LogP) is 2.40. The van der Waals surface area contributed by atoms with E-state index in [2.05, 4.69) is 18.7 Å². The summed E-state index contributed by atoms with van der Waals surface area (Å²) in [4.78, 5) is 2.62. The zero-order valence-electron chi connectivity index (χ0n) is 10.7. The van der Waals surface area contributed by atoms with Gasteiger partial charge in [0.15, 0.2) is 6.29 Å². The minimum Gasteiger partial charge on any atom is -0.353 e. The lowest BCUT2D eigenvalue weighted by Gasteiger charge is -2.39. The number of nitrogens with zero attached hydrogens (tertiary/aromatic N) is 1. The molecular formula is C13H25NO2. The van der Waals surface area contributed by atoms with Crippen molar-refractivity contribution in [2.75, 3.05) is 19.8 Å². The van der Waals surface area contributed by atoms with Crippen molar-refractivity contribution in [3.05, 3.63) is 0 Å². The molecule has 94 valence electrons. The highest BCUT2D eigenvalue weighted by molar-refractivity contribution is 4.79. The van der Waals surface area contributed by atoms with Crippen molar-refractivity contribution >= 4 is 0 Å². The zero-order chi connectivity index (χ0) is 11.4. The lowest BCUT2D eigenvalue weighted by atomic mass is 9.97. The third-order valence-electron chi connectivity index (χ3n) is 3.90. The second kappa shape index (κ2) is 5.99. The first kappa shape index (κ1) is 12.3. The van der Waals surface area contributed by atoms with Gasteiger partial charge >= 0.3 is 0 Å². The smallest absolute Gasteiger partial charge is 0.158 e. The van der Waals surface area contributed by atoms with Gasteiger partial charge in [0.25, 0.3) is 0 Å². The fourth-order valence-electron chi connectivity index (χ4n) is 2.87. The molecule has 0 unspecified atom stereocenters. The average molecular weight is 227 g/mol. The van der Waals surface area contributed by atoms with Crippen LogP contribution in [0, 0.1) is 0 Å². The maximum atomic E-state index is 5.59. The molecule has 2 fully saturated rings. The summed E-state index contributed by atoms with van der Waals surface area (Å²) in [5.74, 6) is 0. The van der Waals surface area contributed by atoms with Gasteiger partial charge in [0, 0.05) is 25.0 Å². The second-order valence-electron chi connectivity index (χ2n) is 5.18. The molecule has 0 spiro atoms. The minimum atomic E-state index is 0.0510. The third-order valence-corrected chi connectivity index (χ3v) is 3.90. The van der Waals surface area contributed by atoms with Gasteiger partial charge in [-0.05, 0) is 33.1 Å². The summed E-state index contributed by atoms with van der Waals surface area (Å²) in [5, 5.41) is 0. The molecule has 0 aliphatic carbocycles. The Morgan fingerprint density at radius 3 is 2.25 bits per heavy atom. The van der Waals surface area contributed by atoms with E-state index in [1.807, 2.05) is 0 Å². The van der Waals surface area contributed by atoms with Crippen LogP contribution in [0.2, 0.25) is 0 Å². The Bertz CT molecular complexity index is 194. The maximum absolute atomic E-state index is 5.59. The molecule has 16 heavy (non-hydrogen) atoms. The van der Waals surface area contributed by atoms with Crippen molar-refractivity contribution in [1.82, 2.24) is 4.90 Å². The quantitative estimate of drug-likeness (QED) is 0.739. The van der Waals surface area contributed by atoms with E-state index < -0.39 is 0 Å². The molecule has 2 rings (SSSR count). The Labute approximate surface area is 99.1 Å². The van der Waals surface area contributed by atoms with E-state index in [0.29, 0.717) is 0 Å². The van der Waals surface area contributed by atoms with Crippen LogP contribution in [-0.4, -0.2) is 43.0 Å². The summed E-state index contributed by atoms with van der Waals surface area (Å²) in [6, 6.07) is 1.46. The summed E-state index contributed by atoms with van der Waals surface area (Å²) in [5.41, 5.74) is 0. The van der Waals surface area contributed by atoms with Crippen LogP contribution in [0.1, 0.15) is 46.0 Å². The summed E-state index contributed by atoms with van der Waals surface area (Å²) >= 11 is 0. The number of piperidine rings is 1. The van der Waals surface area contributed by atoms with Crippen molar-refractivity contribution in [2.24, 2.45) is 0 Å². The Kier molecular flexibility index (Phi) is 4.62. The molecule has 3 nitrogen and oxygen atoms in total. The highest BCUT2D eigenvalue weighted by Crippen LogP contribution is 2.23. The lowest BCUT2D eigenvalue weighted by Crippen LogP contribution is -2.45. The standard InChI is InChI=1S/C13H25NO2/c1-11-5-3-6-12(2)14(11)8-7-13-15-9-4-10-16-13/h11-13H,3-10H2,1-2H3/t11-,12+. The van der Waals surface area contributed by atoms with E-state index >= 15 is 0 Å². The monoisotopic (exact) mass is 227 g/mol. The van der Waals surface area contributed by atoms with E-state index in [1.54, 1.807) is 0 Å². The molecule has 0 saturated carbocycles. The van der Waals surface area contributed by atoms with Gasteiger partial charge in [-0.2, -0.15) is 0 Å². The Morgan fingerprint density at radius 1 is 1.00 bits per heavy atom. The predicted molar refractivity (Wildman–Crippen MR) is 64.4 cm³/mol. The molecule has 2 aliphatic heterocycles. The van der Waals surface area contributed by atoms with Crippen molar-refractivity contribution in [3.63, 3.8) is 0 Å². The fraction of sp³-hybridized carbons (Fsp3) is 1.00. The molecule has 2 atom stereocenters. The molecule has 0 aromatic rings. The van der Waals surface area contributed by atoms with Gasteiger partial charge in [0.05, 0.1) is 13.2 Å². The molecule has 2 saturated heterocycles. The van der Waals surface area contributed by atoms with Crippen molar-refractivity contribution in [1.29, 1.82) is 0 Å². The summed E-state index contributed by atoms with van der Waals surface area (Å²) in [6.45, 7) is 7.55. The van der Waals surface area contributed by atoms with Crippen LogP contribution in [-0.2, 0) is 9.47 Å². The van der Waals surface area contributed by atoms with Gasteiger partial charge in [-0.25, -0.2) is 0 Å². The van der Waals surface area contributed by atoms with Crippen molar-refractivity contribution < 1.29 is 9.47 Å². The molecule has 2 aliphatic rings. The number of likely N-dealkylation sites (tertiary alicyclic amines) is 1. The summed E-state index contributed by atoms with van der Waals surface area (Å²) in [7, 11) is 0. The van der Waals surface area contributed by atoms with Gasteiger partial charge in [0.2, 0.25) is 0 Å². The highest BCUT2D eigenvalue weighted by Gasteiger charge is 2.25. The Balaban J connectivity index is 1.74. The van der Waals surface area contributed by atoms with Crippen LogP contribution in [0.5, 0.6) is 0 Å². The van der Waals surface area contributed by atoms with Crippen LogP contribution in [0.25, 0.3) is 0 Å². The zero-order valence-corrected chi connectivity index (χ0v) is 10.7. The van der Waals surface area contributed by atoms with Crippen LogP contribution < -0.4 is 0 Å². The van der Waals surface area contributed by atoms with E-state index in [9.17, 15) is 0 Å².